The summed E-state index contributed by atoms with van der Waals surface area (Å²) in [5, 5.41) is 11.1. The van der Waals surface area contributed by atoms with Crippen LogP contribution in [0.4, 0.5) is 0 Å². The third-order valence-electron chi connectivity index (χ3n) is 9.19. The van der Waals surface area contributed by atoms with E-state index in [-0.39, 0.29) is 24.5 Å². The van der Waals surface area contributed by atoms with E-state index in [1.54, 1.807) is 0 Å². The first kappa shape index (κ1) is 45.2. The minimum atomic E-state index is -1.01. The Morgan fingerprint density at radius 1 is 0.532 bits per heavy atom. The summed E-state index contributed by atoms with van der Waals surface area (Å²) >= 11 is 0. The van der Waals surface area contributed by atoms with Gasteiger partial charge < -0.3 is 15.2 Å². The van der Waals surface area contributed by atoms with Gasteiger partial charge in [-0.25, -0.2) is 0 Å². The van der Waals surface area contributed by atoms with E-state index >= 15 is 0 Å². The first-order valence-electron chi connectivity index (χ1n) is 20.3. The maximum Gasteiger partial charge on any atom is 0.322 e. The molecule has 1 amide bonds. The van der Waals surface area contributed by atoms with Crippen molar-refractivity contribution in [2.75, 3.05) is 6.54 Å². The van der Waals surface area contributed by atoms with Crippen molar-refractivity contribution < 1.29 is 24.2 Å². The van der Waals surface area contributed by atoms with Gasteiger partial charge in [-0.2, -0.15) is 0 Å². The van der Waals surface area contributed by atoms with Crippen LogP contribution in [0.2, 0.25) is 0 Å². The summed E-state index contributed by atoms with van der Waals surface area (Å²) in [7, 11) is 0. The SMILES string of the molecule is CCCCCCCCC/C=C\CCCCCCCC(=O)OC(CCCCCCCCCCC)CCCCCCCC(=O)NCC(=O)O. The molecule has 0 fully saturated rings. The van der Waals surface area contributed by atoms with Crippen LogP contribution in [-0.4, -0.2) is 35.6 Å². The van der Waals surface area contributed by atoms with Crippen LogP contribution >= 0.6 is 0 Å². The molecule has 6 nitrogen and oxygen atoms in total. The van der Waals surface area contributed by atoms with Crippen LogP contribution in [-0.2, 0) is 19.1 Å². The largest absolute Gasteiger partial charge is 0.480 e. The summed E-state index contributed by atoms with van der Waals surface area (Å²) in [4.78, 5) is 34.9. The van der Waals surface area contributed by atoms with Gasteiger partial charge in [0, 0.05) is 12.8 Å². The highest BCUT2D eigenvalue weighted by Crippen LogP contribution is 2.19. The lowest BCUT2D eigenvalue weighted by molar-refractivity contribution is -0.150. The fourth-order valence-electron chi connectivity index (χ4n) is 6.16. The van der Waals surface area contributed by atoms with E-state index in [0.717, 1.165) is 64.2 Å². The quantitative estimate of drug-likeness (QED) is 0.0392. The zero-order valence-electron chi connectivity index (χ0n) is 31.1. The molecule has 0 radical (unpaired) electrons. The lowest BCUT2D eigenvalue weighted by Gasteiger charge is -2.18. The summed E-state index contributed by atoms with van der Waals surface area (Å²) in [6, 6.07) is 0. The number of nitrogens with one attached hydrogen (secondary N) is 1. The monoisotopic (exact) mass is 664 g/mol. The molecule has 0 saturated heterocycles. The van der Waals surface area contributed by atoms with Gasteiger partial charge in [-0.05, 0) is 64.2 Å². The standard InChI is InChI=1S/C41H77NO5/c1-3-5-7-9-11-13-14-15-16-17-18-19-21-23-28-32-36-41(46)47-38(33-29-25-22-20-12-10-8-6-4-2)34-30-26-24-27-31-35-39(43)42-37-40(44)45/h16-17,38H,3-15,18-37H2,1-2H3,(H,42,43)(H,44,45)/b17-16-. The van der Waals surface area contributed by atoms with Gasteiger partial charge in [0.2, 0.25) is 5.91 Å². The highest BCUT2D eigenvalue weighted by atomic mass is 16.5. The predicted octanol–water partition coefficient (Wildman–Crippen LogP) is 12.2. The highest BCUT2D eigenvalue weighted by Gasteiger charge is 2.14. The van der Waals surface area contributed by atoms with Gasteiger partial charge in [0.15, 0.2) is 0 Å². The van der Waals surface area contributed by atoms with Gasteiger partial charge in [-0.1, -0.05) is 154 Å². The smallest absolute Gasteiger partial charge is 0.322 e. The molecule has 0 aliphatic rings. The van der Waals surface area contributed by atoms with Crippen LogP contribution in [0.5, 0.6) is 0 Å². The summed E-state index contributed by atoms with van der Waals surface area (Å²) in [5.74, 6) is -1.23. The van der Waals surface area contributed by atoms with Crippen LogP contribution in [0.25, 0.3) is 0 Å². The molecule has 0 aromatic heterocycles. The molecule has 0 saturated carbocycles. The average Bonchev–Trinajstić information content (AvgIpc) is 3.05. The Morgan fingerprint density at radius 3 is 1.36 bits per heavy atom. The molecule has 0 aliphatic carbocycles. The molecule has 0 rings (SSSR count). The number of amides is 1. The summed E-state index contributed by atoms with van der Waals surface area (Å²) in [6.07, 6.45) is 41.9. The third kappa shape index (κ3) is 36.8. The number of carbonyl (C=O) groups excluding carboxylic acids is 2. The number of hydrogen-bond donors (Lipinski definition) is 2. The minimum Gasteiger partial charge on any atom is -0.480 e. The number of unbranched alkanes of at least 4 members (excludes halogenated alkanes) is 24. The fraction of sp³-hybridized carbons (Fsp3) is 0.878. The van der Waals surface area contributed by atoms with Gasteiger partial charge in [-0.3, -0.25) is 14.4 Å². The first-order chi connectivity index (χ1) is 23.0. The molecule has 1 unspecified atom stereocenters. The van der Waals surface area contributed by atoms with Gasteiger partial charge in [0.25, 0.3) is 0 Å². The van der Waals surface area contributed by atoms with Crippen LogP contribution in [0, 0.1) is 0 Å². The van der Waals surface area contributed by atoms with Crippen LogP contribution in [0.3, 0.4) is 0 Å². The predicted molar refractivity (Wildman–Crippen MR) is 199 cm³/mol. The summed E-state index contributed by atoms with van der Waals surface area (Å²) in [5.41, 5.74) is 0. The van der Waals surface area contributed by atoms with Crippen molar-refractivity contribution >= 4 is 17.8 Å². The molecule has 2 N–H and O–H groups in total. The minimum absolute atomic E-state index is 0.0217. The topological polar surface area (TPSA) is 92.7 Å². The molecule has 0 aliphatic heterocycles. The molecular weight excluding hydrogens is 586 g/mol. The Labute approximate surface area is 291 Å². The number of hydrogen-bond acceptors (Lipinski definition) is 4. The second-order valence-electron chi connectivity index (χ2n) is 13.9. The maximum atomic E-state index is 12.7. The Morgan fingerprint density at radius 2 is 0.915 bits per heavy atom. The molecule has 6 heteroatoms. The van der Waals surface area contributed by atoms with E-state index < -0.39 is 5.97 Å². The van der Waals surface area contributed by atoms with Crippen molar-refractivity contribution in [3.63, 3.8) is 0 Å². The first-order valence-corrected chi connectivity index (χ1v) is 20.3. The van der Waals surface area contributed by atoms with Crippen molar-refractivity contribution in [2.24, 2.45) is 0 Å². The van der Waals surface area contributed by atoms with Crippen molar-refractivity contribution in [2.45, 2.75) is 225 Å². The van der Waals surface area contributed by atoms with Gasteiger partial charge in [-0.15, -0.1) is 0 Å². The zero-order chi connectivity index (χ0) is 34.5. The number of aliphatic carboxylic acids is 1. The third-order valence-corrected chi connectivity index (χ3v) is 9.19. The van der Waals surface area contributed by atoms with Crippen LogP contribution in [0.1, 0.15) is 219 Å². The number of rotatable bonds is 37. The van der Waals surface area contributed by atoms with Crippen molar-refractivity contribution in [3.8, 4) is 0 Å². The second kappa shape index (κ2) is 37.0. The summed E-state index contributed by atoms with van der Waals surface area (Å²) < 4.78 is 6.00. The van der Waals surface area contributed by atoms with E-state index in [4.69, 9.17) is 9.84 Å². The van der Waals surface area contributed by atoms with E-state index in [0.29, 0.717) is 12.8 Å². The molecule has 47 heavy (non-hydrogen) atoms. The normalized spacial score (nSPS) is 12.0. The summed E-state index contributed by atoms with van der Waals surface area (Å²) in [6.45, 7) is 4.22. The molecule has 0 aromatic rings. The Hall–Kier alpha value is -1.85. The molecule has 0 aromatic carbocycles. The molecule has 0 spiro atoms. The molecule has 0 bridgehead atoms. The van der Waals surface area contributed by atoms with Crippen LogP contribution < -0.4 is 5.32 Å². The fourth-order valence-corrected chi connectivity index (χ4v) is 6.16. The Balaban J connectivity index is 4.09. The van der Waals surface area contributed by atoms with E-state index in [1.807, 2.05) is 0 Å². The van der Waals surface area contributed by atoms with E-state index in [2.05, 4.69) is 31.3 Å². The lowest BCUT2D eigenvalue weighted by atomic mass is 10.0. The molecule has 0 heterocycles. The number of ether oxygens (including phenoxy) is 1. The van der Waals surface area contributed by atoms with Gasteiger partial charge >= 0.3 is 11.9 Å². The number of esters is 1. The highest BCUT2D eigenvalue weighted by molar-refractivity contribution is 5.80. The number of allylic oxidation sites excluding steroid dienone is 2. The zero-order valence-corrected chi connectivity index (χ0v) is 31.1. The van der Waals surface area contributed by atoms with Crippen molar-refractivity contribution in [1.29, 1.82) is 0 Å². The number of carboxylic acid groups (broad SMARTS) is 1. The molecular formula is C41H77NO5. The second-order valence-corrected chi connectivity index (χ2v) is 13.9. The van der Waals surface area contributed by atoms with E-state index in [1.165, 1.54) is 128 Å². The Kier molecular flexibility index (Phi) is 35.5. The van der Waals surface area contributed by atoms with Gasteiger partial charge in [0.1, 0.15) is 12.6 Å². The lowest BCUT2D eigenvalue weighted by Crippen LogP contribution is -2.28. The Bertz CT molecular complexity index is 737. The average molecular weight is 664 g/mol. The maximum absolute atomic E-state index is 12.7. The van der Waals surface area contributed by atoms with Crippen LogP contribution in [0.15, 0.2) is 12.2 Å². The molecule has 1 atom stereocenters. The number of carboxylic acids is 1. The number of carbonyl (C=O) groups is 3. The molecule has 276 valence electrons. The van der Waals surface area contributed by atoms with Gasteiger partial charge in [0.05, 0.1) is 0 Å². The van der Waals surface area contributed by atoms with E-state index in [9.17, 15) is 14.4 Å². The van der Waals surface area contributed by atoms with Crippen molar-refractivity contribution in [1.82, 2.24) is 5.32 Å². The van der Waals surface area contributed by atoms with Crippen molar-refractivity contribution in [3.05, 3.63) is 12.2 Å².